The van der Waals surface area contributed by atoms with Gasteiger partial charge >= 0.3 is 0 Å². The summed E-state index contributed by atoms with van der Waals surface area (Å²) in [5.41, 5.74) is 4.21. The van der Waals surface area contributed by atoms with Crippen molar-refractivity contribution < 1.29 is 17.6 Å². The van der Waals surface area contributed by atoms with E-state index in [1.807, 2.05) is 6.92 Å². The van der Waals surface area contributed by atoms with Crippen LogP contribution in [0.4, 0.5) is 10.1 Å². The van der Waals surface area contributed by atoms with E-state index in [2.05, 4.69) is 10.5 Å². The van der Waals surface area contributed by atoms with Crippen LogP contribution in [0.25, 0.3) is 0 Å². The van der Waals surface area contributed by atoms with Crippen LogP contribution in [0.1, 0.15) is 11.1 Å². The number of aryl methyl sites for hydroxylation is 1. The van der Waals surface area contributed by atoms with E-state index in [0.717, 1.165) is 34.1 Å². The Morgan fingerprint density at radius 2 is 1.77 bits per heavy atom. The Balaban J connectivity index is 1.83. The number of amides is 1. The Hall–Kier alpha value is -3.23. The average molecular weight is 460 g/mol. The largest absolute Gasteiger partial charge is 0.271 e. The zero-order valence-electron chi connectivity index (χ0n) is 16.5. The van der Waals surface area contributed by atoms with Crippen molar-refractivity contribution in [1.82, 2.24) is 5.43 Å². The first-order valence-corrected chi connectivity index (χ1v) is 11.0. The van der Waals surface area contributed by atoms with E-state index >= 15 is 0 Å². The number of carbonyl (C=O) groups is 1. The van der Waals surface area contributed by atoms with Gasteiger partial charge in [-0.2, -0.15) is 5.10 Å². The highest BCUT2D eigenvalue weighted by atomic mass is 35.5. The highest BCUT2D eigenvalue weighted by Crippen LogP contribution is 2.24. The highest BCUT2D eigenvalue weighted by Gasteiger charge is 2.27. The van der Waals surface area contributed by atoms with Crippen LogP contribution in [0.3, 0.4) is 0 Å². The molecule has 0 fully saturated rings. The van der Waals surface area contributed by atoms with Crippen molar-refractivity contribution in [2.24, 2.45) is 5.10 Å². The van der Waals surface area contributed by atoms with Crippen molar-refractivity contribution >= 4 is 39.4 Å². The lowest BCUT2D eigenvalue weighted by Gasteiger charge is -2.23. The molecule has 0 radical (unpaired) electrons. The standard InChI is InChI=1S/C22H19ClFN3O3S/c1-16-5-9-20(10-6-16)27(31(29,30)21-11-7-19(24)8-12-21)15-22(28)26-25-14-17-3-2-4-18(23)13-17/h2-14H,15H2,1H3,(H,26,28)/b25-14+. The van der Waals surface area contributed by atoms with Crippen LogP contribution in [0.5, 0.6) is 0 Å². The fourth-order valence-electron chi connectivity index (χ4n) is 2.69. The van der Waals surface area contributed by atoms with Crippen LogP contribution in [0.15, 0.2) is 82.8 Å². The molecule has 3 rings (SSSR count). The van der Waals surface area contributed by atoms with Gasteiger partial charge in [0.2, 0.25) is 0 Å². The molecule has 0 spiro atoms. The molecule has 0 bridgehead atoms. The molecule has 3 aromatic rings. The SMILES string of the molecule is Cc1ccc(N(CC(=O)N/N=C/c2cccc(Cl)c2)S(=O)(=O)c2ccc(F)cc2)cc1. The smallest absolute Gasteiger partial charge is 0.264 e. The fraction of sp³-hybridized carbons (Fsp3) is 0.0909. The minimum Gasteiger partial charge on any atom is -0.271 e. The molecular weight excluding hydrogens is 441 g/mol. The molecular formula is C22H19ClFN3O3S. The van der Waals surface area contributed by atoms with Gasteiger partial charge in [0.1, 0.15) is 12.4 Å². The summed E-state index contributed by atoms with van der Waals surface area (Å²) < 4.78 is 40.5. The first-order chi connectivity index (χ1) is 14.8. The van der Waals surface area contributed by atoms with Gasteiger partial charge in [-0.3, -0.25) is 9.10 Å². The quantitative estimate of drug-likeness (QED) is 0.426. The normalized spacial score (nSPS) is 11.5. The maximum Gasteiger partial charge on any atom is 0.264 e. The molecule has 9 heteroatoms. The molecule has 1 N–H and O–H groups in total. The minimum absolute atomic E-state index is 0.135. The molecule has 0 saturated heterocycles. The van der Waals surface area contributed by atoms with Gasteiger partial charge in [-0.05, 0) is 61.0 Å². The Labute approximate surface area is 185 Å². The number of hydrogen-bond acceptors (Lipinski definition) is 4. The van der Waals surface area contributed by atoms with E-state index in [-0.39, 0.29) is 4.90 Å². The number of carbonyl (C=O) groups excluding carboxylic acids is 1. The number of nitrogens with one attached hydrogen (secondary N) is 1. The van der Waals surface area contributed by atoms with E-state index in [9.17, 15) is 17.6 Å². The van der Waals surface area contributed by atoms with Gasteiger partial charge in [0.25, 0.3) is 15.9 Å². The molecule has 0 saturated carbocycles. The van der Waals surface area contributed by atoms with Crippen LogP contribution in [-0.4, -0.2) is 27.1 Å². The van der Waals surface area contributed by atoms with Crippen molar-refractivity contribution in [2.45, 2.75) is 11.8 Å². The summed E-state index contributed by atoms with van der Waals surface area (Å²) >= 11 is 5.91. The molecule has 0 atom stereocenters. The topological polar surface area (TPSA) is 78.8 Å². The van der Waals surface area contributed by atoms with Crippen molar-refractivity contribution in [3.63, 3.8) is 0 Å². The molecule has 3 aromatic carbocycles. The zero-order valence-corrected chi connectivity index (χ0v) is 18.1. The Bertz CT molecular complexity index is 1200. The number of halogens is 2. The molecule has 31 heavy (non-hydrogen) atoms. The maximum absolute atomic E-state index is 13.3. The predicted octanol–water partition coefficient (Wildman–Crippen LogP) is 4.13. The van der Waals surface area contributed by atoms with E-state index in [1.165, 1.54) is 6.21 Å². The molecule has 160 valence electrons. The van der Waals surface area contributed by atoms with Gasteiger partial charge in [0, 0.05) is 5.02 Å². The molecule has 0 heterocycles. The molecule has 1 amide bonds. The van der Waals surface area contributed by atoms with Crippen molar-refractivity contribution in [3.8, 4) is 0 Å². The fourth-order valence-corrected chi connectivity index (χ4v) is 4.31. The number of sulfonamides is 1. The lowest BCUT2D eigenvalue weighted by Crippen LogP contribution is -2.39. The van der Waals surface area contributed by atoms with Crippen LogP contribution < -0.4 is 9.73 Å². The second-order valence-corrected chi connectivity index (χ2v) is 8.95. The summed E-state index contributed by atoms with van der Waals surface area (Å²) in [6.45, 7) is 1.34. The van der Waals surface area contributed by atoms with Gasteiger partial charge in [0.05, 0.1) is 16.8 Å². The lowest BCUT2D eigenvalue weighted by atomic mass is 10.2. The average Bonchev–Trinajstić information content (AvgIpc) is 2.73. The Morgan fingerprint density at radius 3 is 2.42 bits per heavy atom. The van der Waals surface area contributed by atoms with Crippen molar-refractivity contribution in [1.29, 1.82) is 0 Å². The number of hydrogen-bond donors (Lipinski definition) is 1. The van der Waals surface area contributed by atoms with Gasteiger partial charge < -0.3 is 0 Å². The third-order valence-electron chi connectivity index (χ3n) is 4.26. The Morgan fingerprint density at radius 1 is 1.10 bits per heavy atom. The summed E-state index contributed by atoms with van der Waals surface area (Å²) in [4.78, 5) is 12.3. The van der Waals surface area contributed by atoms with Crippen LogP contribution in [-0.2, 0) is 14.8 Å². The van der Waals surface area contributed by atoms with E-state index < -0.39 is 28.3 Å². The van der Waals surface area contributed by atoms with Gasteiger partial charge in [-0.1, -0.05) is 41.4 Å². The van der Waals surface area contributed by atoms with Crippen LogP contribution in [0, 0.1) is 12.7 Å². The zero-order chi connectivity index (χ0) is 22.4. The first kappa shape index (κ1) is 22.5. The monoisotopic (exact) mass is 459 g/mol. The van der Waals surface area contributed by atoms with Crippen LogP contribution in [0.2, 0.25) is 5.02 Å². The predicted molar refractivity (Wildman–Crippen MR) is 119 cm³/mol. The Kier molecular flexibility index (Phi) is 7.04. The minimum atomic E-state index is -4.13. The number of nitrogens with zero attached hydrogens (tertiary/aromatic N) is 2. The van der Waals surface area contributed by atoms with Gasteiger partial charge in [-0.25, -0.2) is 18.2 Å². The number of benzene rings is 3. The molecule has 0 aliphatic carbocycles. The molecule has 0 unspecified atom stereocenters. The van der Waals surface area contributed by atoms with Crippen molar-refractivity contribution in [2.75, 3.05) is 10.8 Å². The summed E-state index contributed by atoms with van der Waals surface area (Å²) in [5.74, 6) is -1.21. The summed E-state index contributed by atoms with van der Waals surface area (Å²) in [6, 6.07) is 17.9. The number of anilines is 1. The van der Waals surface area contributed by atoms with Crippen LogP contribution >= 0.6 is 11.6 Å². The number of hydrazone groups is 1. The molecule has 0 aromatic heterocycles. The molecule has 6 nitrogen and oxygen atoms in total. The third-order valence-corrected chi connectivity index (χ3v) is 6.29. The summed E-state index contributed by atoms with van der Waals surface area (Å²) in [7, 11) is -4.13. The summed E-state index contributed by atoms with van der Waals surface area (Å²) in [6.07, 6.45) is 1.40. The van der Waals surface area contributed by atoms with Crippen molar-refractivity contribution in [3.05, 3.63) is 94.8 Å². The first-order valence-electron chi connectivity index (χ1n) is 9.18. The maximum atomic E-state index is 13.3. The second-order valence-electron chi connectivity index (χ2n) is 6.65. The van der Waals surface area contributed by atoms with E-state index in [1.54, 1.807) is 48.5 Å². The van der Waals surface area contributed by atoms with Gasteiger partial charge in [-0.15, -0.1) is 0 Å². The highest BCUT2D eigenvalue weighted by molar-refractivity contribution is 7.92. The van der Waals surface area contributed by atoms with E-state index in [4.69, 9.17) is 11.6 Å². The van der Waals surface area contributed by atoms with Gasteiger partial charge in [0.15, 0.2) is 0 Å². The molecule has 0 aliphatic heterocycles. The molecule has 0 aliphatic rings. The second kappa shape index (κ2) is 9.72. The third kappa shape index (κ3) is 5.90. The number of rotatable bonds is 7. The van der Waals surface area contributed by atoms with E-state index in [0.29, 0.717) is 16.3 Å². The lowest BCUT2D eigenvalue weighted by molar-refractivity contribution is -0.119. The summed E-state index contributed by atoms with van der Waals surface area (Å²) in [5, 5.41) is 4.38.